The minimum atomic E-state index is -0.269. The van der Waals surface area contributed by atoms with E-state index in [-0.39, 0.29) is 18.6 Å². The third kappa shape index (κ3) is 6.35. The van der Waals surface area contributed by atoms with Crippen molar-refractivity contribution in [3.63, 3.8) is 0 Å². The Bertz CT molecular complexity index is 820. The Kier molecular flexibility index (Phi) is 7.75. The lowest BCUT2D eigenvalue weighted by Gasteiger charge is -2.15. The number of hydrogen-bond donors (Lipinski definition) is 2. The standard InChI is InChI=1S/C22H27ClN2O4/c1-15-5-7-17(8-6-15)25-21(26)14-29-22-19(23)10-16(11-20(22)27-2)12-24-13-18-4-3-9-28-18/h5-8,10-11,18,24H,3-4,9,12-14H2,1-2H3,(H,25,26). The maximum Gasteiger partial charge on any atom is 0.262 e. The van der Waals surface area contributed by atoms with E-state index in [1.54, 1.807) is 7.11 Å². The van der Waals surface area contributed by atoms with Crippen molar-refractivity contribution in [1.29, 1.82) is 0 Å². The summed E-state index contributed by atoms with van der Waals surface area (Å²) in [6.45, 7) is 4.11. The molecular formula is C22H27ClN2O4. The zero-order chi connectivity index (χ0) is 20.6. The highest BCUT2D eigenvalue weighted by molar-refractivity contribution is 6.32. The molecule has 0 bridgehead atoms. The molecule has 1 heterocycles. The van der Waals surface area contributed by atoms with Crippen molar-refractivity contribution in [1.82, 2.24) is 5.32 Å². The normalized spacial score (nSPS) is 15.9. The maximum atomic E-state index is 12.2. The topological polar surface area (TPSA) is 68.8 Å². The predicted octanol–water partition coefficient (Wildman–Crippen LogP) is 3.94. The molecule has 0 spiro atoms. The summed E-state index contributed by atoms with van der Waals surface area (Å²) >= 11 is 6.39. The Balaban J connectivity index is 1.55. The number of anilines is 1. The molecule has 1 fully saturated rings. The number of halogens is 1. The summed E-state index contributed by atoms with van der Waals surface area (Å²) in [4.78, 5) is 12.2. The quantitative estimate of drug-likeness (QED) is 0.645. The minimum absolute atomic E-state index is 0.166. The molecular weight excluding hydrogens is 392 g/mol. The van der Waals surface area contributed by atoms with Crippen LogP contribution in [0.1, 0.15) is 24.0 Å². The van der Waals surface area contributed by atoms with Gasteiger partial charge in [0.1, 0.15) is 0 Å². The number of amides is 1. The second kappa shape index (κ2) is 10.5. The Morgan fingerprint density at radius 1 is 1.28 bits per heavy atom. The van der Waals surface area contributed by atoms with E-state index in [9.17, 15) is 4.79 Å². The van der Waals surface area contributed by atoms with Crippen molar-refractivity contribution >= 4 is 23.2 Å². The number of ether oxygens (including phenoxy) is 3. The van der Waals surface area contributed by atoms with E-state index in [0.29, 0.717) is 23.1 Å². The van der Waals surface area contributed by atoms with E-state index in [0.717, 1.165) is 42.8 Å². The molecule has 2 aromatic carbocycles. The lowest BCUT2D eigenvalue weighted by Crippen LogP contribution is -2.25. The van der Waals surface area contributed by atoms with Crippen molar-refractivity contribution in [2.45, 2.75) is 32.4 Å². The summed E-state index contributed by atoms with van der Waals surface area (Å²) in [5, 5.41) is 6.58. The zero-order valence-corrected chi connectivity index (χ0v) is 17.6. The third-order valence-electron chi connectivity index (χ3n) is 4.70. The highest BCUT2D eigenvalue weighted by Crippen LogP contribution is 2.36. The Morgan fingerprint density at radius 2 is 2.07 bits per heavy atom. The van der Waals surface area contributed by atoms with Crippen LogP contribution in [0.4, 0.5) is 5.69 Å². The first-order valence-corrected chi connectivity index (χ1v) is 10.1. The summed E-state index contributed by atoms with van der Waals surface area (Å²) in [5.74, 6) is 0.583. The van der Waals surface area contributed by atoms with Gasteiger partial charge in [-0.3, -0.25) is 4.79 Å². The molecule has 1 amide bonds. The summed E-state index contributed by atoms with van der Waals surface area (Å²) in [7, 11) is 1.55. The van der Waals surface area contributed by atoms with E-state index >= 15 is 0 Å². The minimum Gasteiger partial charge on any atom is -0.493 e. The second-order valence-corrected chi connectivity index (χ2v) is 7.49. The molecule has 29 heavy (non-hydrogen) atoms. The third-order valence-corrected chi connectivity index (χ3v) is 4.98. The number of benzene rings is 2. The Hall–Kier alpha value is -2.28. The highest BCUT2D eigenvalue weighted by atomic mass is 35.5. The van der Waals surface area contributed by atoms with Crippen LogP contribution in [-0.4, -0.2) is 38.9 Å². The smallest absolute Gasteiger partial charge is 0.262 e. The molecule has 6 nitrogen and oxygen atoms in total. The van der Waals surface area contributed by atoms with Gasteiger partial charge in [0.15, 0.2) is 18.1 Å². The van der Waals surface area contributed by atoms with E-state index < -0.39 is 0 Å². The average molecular weight is 419 g/mol. The summed E-state index contributed by atoms with van der Waals surface area (Å²) in [5.41, 5.74) is 2.82. The molecule has 2 N–H and O–H groups in total. The molecule has 156 valence electrons. The Morgan fingerprint density at radius 3 is 2.76 bits per heavy atom. The van der Waals surface area contributed by atoms with Crippen molar-refractivity contribution < 1.29 is 19.0 Å². The average Bonchev–Trinajstić information content (AvgIpc) is 3.22. The molecule has 3 rings (SSSR count). The maximum absolute atomic E-state index is 12.2. The van der Waals surface area contributed by atoms with Gasteiger partial charge in [-0.15, -0.1) is 0 Å². The summed E-state index contributed by atoms with van der Waals surface area (Å²) < 4.78 is 16.7. The lowest BCUT2D eigenvalue weighted by atomic mass is 10.2. The van der Waals surface area contributed by atoms with Crippen LogP contribution in [0.15, 0.2) is 36.4 Å². The van der Waals surface area contributed by atoms with Crippen LogP contribution in [0.2, 0.25) is 5.02 Å². The van der Waals surface area contributed by atoms with Crippen molar-refractivity contribution in [2.75, 3.05) is 32.2 Å². The predicted molar refractivity (Wildman–Crippen MR) is 114 cm³/mol. The largest absolute Gasteiger partial charge is 0.493 e. The van der Waals surface area contributed by atoms with Gasteiger partial charge in [-0.05, 0) is 49.6 Å². The molecule has 1 unspecified atom stereocenters. The molecule has 1 aliphatic heterocycles. The van der Waals surface area contributed by atoms with E-state index in [1.807, 2.05) is 43.3 Å². The number of carbonyl (C=O) groups is 1. The van der Waals surface area contributed by atoms with Gasteiger partial charge in [0.05, 0.1) is 18.2 Å². The van der Waals surface area contributed by atoms with Gasteiger partial charge in [0, 0.05) is 25.4 Å². The van der Waals surface area contributed by atoms with Crippen molar-refractivity contribution in [2.24, 2.45) is 0 Å². The zero-order valence-electron chi connectivity index (χ0n) is 16.8. The molecule has 1 saturated heterocycles. The van der Waals surface area contributed by atoms with Crippen LogP contribution in [0.5, 0.6) is 11.5 Å². The monoisotopic (exact) mass is 418 g/mol. The van der Waals surface area contributed by atoms with Gasteiger partial charge in [-0.1, -0.05) is 29.3 Å². The van der Waals surface area contributed by atoms with Crippen LogP contribution in [0.3, 0.4) is 0 Å². The highest BCUT2D eigenvalue weighted by Gasteiger charge is 2.16. The molecule has 0 saturated carbocycles. The number of methoxy groups -OCH3 is 1. The molecule has 1 aliphatic rings. The van der Waals surface area contributed by atoms with Crippen molar-refractivity contribution in [3.8, 4) is 11.5 Å². The summed E-state index contributed by atoms with van der Waals surface area (Å²) in [6, 6.07) is 11.2. The Labute approximate surface area is 176 Å². The first kappa shape index (κ1) is 21.4. The molecule has 0 aromatic heterocycles. The first-order valence-electron chi connectivity index (χ1n) is 9.73. The van der Waals surface area contributed by atoms with E-state index in [1.165, 1.54) is 0 Å². The van der Waals surface area contributed by atoms with Crippen LogP contribution in [0, 0.1) is 6.92 Å². The first-order chi connectivity index (χ1) is 14.0. The molecule has 1 atom stereocenters. The van der Waals surface area contributed by atoms with Gasteiger partial charge in [0.2, 0.25) is 0 Å². The fraction of sp³-hybridized carbons (Fsp3) is 0.409. The van der Waals surface area contributed by atoms with E-state index in [2.05, 4.69) is 10.6 Å². The van der Waals surface area contributed by atoms with Crippen LogP contribution < -0.4 is 20.1 Å². The fourth-order valence-electron chi connectivity index (χ4n) is 3.17. The van der Waals surface area contributed by atoms with Gasteiger partial charge in [-0.2, -0.15) is 0 Å². The molecule has 2 aromatic rings. The van der Waals surface area contributed by atoms with Crippen LogP contribution in [-0.2, 0) is 16.1 Å². The second-order valence-electron chi connectivity index (χ2n) is 7.08. The lowest BCUT2D eigenvalue weighted by molar-refractivity contribution is -0.118. The number of nitrogens with one attached hydrogen (secondary N) is 2. The SMILES string of the molecule is COc1cc(CNCC2CCCO2)cc(Cl)c1OCC(=O)Nc1ccc(C)cc1. The van der Waals surface area contributed by atoms with Gasteiger partial charge >= 0.3 is 0 Å². The number of aryl methyl sites for hydroxylation is 1. The molecule has 0 radical (unpaired) electrons. The number of hydrogen-bond acceptors (Lipinski definition) is 5. The van der Waals surface area contributed by atoms with E-state index in [4.69, 9.17) is 25.8 Å². The van der Waals surface area contributed by atoms with Crippen LogP contribution >= 0.6 is 11.6 Å². The molecule has 0 aliphatic carbocycles. The summed E-state index contributed by atoms with van der Waals surface area (Å²) in [6.07, 6.45) is 2.49. The van der Waals surface area contributed by atoms with Gasteiger partial charge < -0.3 is 24.8 Å². The fourth-order valence-corrected chi connectivity index (χ4v) is 3.46. The van der Waals surface area contributed by atoms with Gasteiger partial charge in [0.25, 0.3) is 5.91 Å². The van der Waals surface area contributed by atoms with Gasteiger partial charge in [-0.25, -0.2) is 0 Å². The van der Waals surface area contributed by atoms with Crippen LogP contribution in [0.25, 0.3) is 0 Å². The molecule has 7 heteroatoms. The number of rotatable bonds is 9. The number of carbonyl (C=O) groups excluding carboxylic acids is 1. The van der Waals surface area contributed by atoms with Crippen molar-refractivity contribution in [3.05, 3.63) is 52.5 Å².